The monoisotopic (exact) mass is 374 g/mol. The van der Waals surface area contributed by atoms with Gasteiger partial charge in [-0.05, 0) is 69.4 Å². The highest BCUT2D eigenvalue weighted by Crippen LogP contribution is 2.23. The van der Waals surface area contributed by atoms with Gasteiger partial charge in [-0.15, -0.1) is 0 Å². The van der Waals surface area contributed by atoms with Crippen LogP contribution >= 0.6 is 0 Å². The van der Waals surface area contributed by atoms with E-state index in [1.54, 1.807) is 12.1 Å². The standard InChI is InChI=1S/C20H24F2N4O/c1-25-11-9-17(10-12-25)26(2)16-6-4-15(5-7-16)23-20(27)24-19-8-3-14(21)13-18(19)22/h3-8,13,17H,9-12H2,1-2H3,(H2,23,24,27). The zero-order valence-corrected chi connectivity index (χ0v) is 15.5. The van der Waals surface area contributed by atoms with Crippen LogP contribution in [-0.2, 0) is 0 Å². The maximum atomic E-state index is 13.6. The number of benzene rings is 2. The molecule has 144 valence electrons. The van der Waals surface area contributed by atoms with Crippen LogP contribution in [0.15, 0.2) is 42.5 Å². The molecule has 0 aliphatic carbocycles. The van der Waals surface area contributed by atoms with Crippen molar-refractivity contribution in [2.75, 3.05) is 42.7 Å². The Morgan fingerprint density at radius 3 is 2.37 bits per heavy atom. The number of nitrogens with one attached hydrogen (secondary N) is 2. The van der Waals surface area contributed by atoms with E-state index >= 15 is 0 Å². The third kappa shape index (κ3) is 4.95. The Morgan fingerprint density at radius 1 is 1.07 bits per heavy atom. The highest BCUT2D eigenvalue weighted by Gasteiger charge is 2.20. The lowest BCUT2D eigenvalue weighted by molar-refractivity contribution is 0.253. The molecule has 3 rings (SSSR count). The Hall–Kier alpha value is -2.67. The van der Waals surface area contributed by atoms with Crippen LogP contribution in [0.4, 0.5) is 30.6 Å². The smallest absolute Gasteiger partial charge is 0.323 e. The largest absolute Gasteiger partial charge is 0.372 e. The van der Waals surface area contributed by atoms with Crippen molar-refractivity contribution in [3.8, 4) is 0 Å². The normalized spacial score (nSPS) is 15.4. The van der Waals surface area contributed by atoms with Crippen LogP contribution < -0.4 is 15.5 Å². The molecule has 0 unspecified atom stereocenters. The summed E-state index contributed by atoms with van der Waals surface area (Å²) < 4.78 is 26.5. The first-order valence-corrected chi connectivity index (χ1v) is 8.97. The third-order valence-electron chi connectivity index (χ3n) is 4.95. The van der Waals surface area contributed by atoms with E-state index in [4.69, 9.17) is 0 Å². The predicted octanol–water partition coefficient (Wildman–Crippen LogP) is 4.14. The van der Waals surface area contributed by atoms with Crippen molar-refractivity contribution < 1.29 is 13.6 Å². The maximum absolute atomic E-state index is 13.6. The molecular formula is C20H24F2N4O. The number of anilines is 3. The first kappa shape index (κ1) is 19.1. The minimum Gasteiger partial charge on any atom is -0.372 e. The van der Waals surface area contributed by atoms with Gasteiger partial charge in [0.15, 0.2) is 0 Å². The zero-order valence-electron chi connectivity index (χ0n) is 15.5. The van der Waals surface area contributed by atoms with Gasteiger partial charge in [-0.3, -0.25) is 0 Å². The van der Waals surface area contributed by atoms with Gasteiger partial charge in [-0.25, -0.2) is 13.6 Å². The number of hydrogen-bond acceptors (Lipinski definition) is 3. The number of halogens is 2. The van der Waals surface area contributed by atoms with E-state index in [-0.39, 0.29) is 5.69 Å². The second-order valence-electron chi connectivity index (χ2n) is 6.90. The Balaban J connectivity index is 1.57. The summed E-state index contributed by atoms with van der Waals surface area (Å²) in [5, 5.41) is 5.02. The van der Waals surface area contributed by atoms with E-state index in [0.29, 0.717) is 11.7 Å². The van der Waals surface area contributed by atoms with E-state index in [9.17, 15) is 13.6 Å². The summed E-state index contributed by atoms with van der Waals surface area (Å²) in [7, 11) is 4.22. The highest BCUT2D eigenvalue weighted by molar-refractivity contribution is 5.99. The average Bonchev–Trinajstić information content (AvgIpc) is 2.65. The Bertz CT molecular complexity index is 789. The van der Waals surface area contributed by atoms with Crippen molar-refractivity contribution in [3.05, 3.63) is 54.1 Å². The van der Waals surface area contributed by atoms with Gasteiger partial charge in [0, 0.05) is 30.5 Å². The van der Waals surface area contributed by atoms with Crippen LogP contribution in [-0.4, -0.2) is 44.2 Å². The van der Waals surface area contributed by atoms with Crippen LogP contribution in [0.1, 0.15) is 12.8 Å². The fourth-order valence-corrected chi connectivity index (χ4v) is 3.25. The lowest BCUT2D eigenvalue weighted by Gasteiger charge is -2.36. The van der Waals surface area contributed by atoms with Crippen molar-refractivity contribution in [2.24, 2.45) is 0 Å². The summed E-state index contributed by atoms with van der Waals surface area (Å²) >= 11 is 0. The van der Waals surface area contributed by atoms with Crippen molar-refractivity contribution >= 4 is 23.1 Å². The van der Waals surface area contributed by atoms with Crippen molar-refractivity contribution in [1.29, 1.82) is 0 Å². The van der Waals surface area contributed by atoms with Crippen molar-refractivity contribution in [1.82, 2.24) is 4.90 Å². The first-order chi connectivity index (χ1) is 12.9. The molecule has 0 radical (unpaired) electrons. The minimum atomic E-state index is -0.819. The number of amides is 2. The van der Waals surface area contributed by atoms with Gasteiger partial charge >= 0.3 is 6.03 Å². The summed E-state index contributed by atoms with van der Waals surface area (Å²) in [6.07, 6.45) is 2.25. The summed E-state index contributed by atoms with van der Waals surface area (Å²) in [6, 6.07) is 10.4. The Kier molecular flexibility index (Phi) is 5.91. The first-order valence-electron chi connectivity index (χ1n) is 8.97. The molecule has 1 aliphatic heterocycles. The van der Waals surface area contributed by atoms with Gasteiger partial charge < -0.3 is 20.4 Å². The van der Waals surface area contributed by atoms with E-state index < -0.39 is 17.7 Å². The third-order valence-corrected chi connectivity index (χ3v) is 4.95. The summed E-state index contributed by atoms with van der Waals surface area (Å²) in [4.78, 5) is 16.6. The van der Waals surface area contributed by atoms with Crippen molar-refractivity contribution in [2.45, 2.75) is 18.9 Å². The number of urea groups is 1. The molecule has 5 nitrogen and oxygen atoms in total. The molecule has 0 atom stereocenters. The molecule has 0 bridgehead atoms. The van der Waals surface area contributed by atoms with Gasteiger partial charge in [-0.2, -0.15) is 0 Å². The van der Waals surface area contributed by atoms with Gasteiger partial charge in [0.2, 0.25) is 0 Å². The molecule has 1 saturated heterocycles. The molecular weight excluding hydrogens is 350 g/mol. The van der Waals surface area contributed by atoms with Crippen molar-refractivity contribution in [3.63, 3.8) is 0 Å². The molecule has 0 spiro atoms. The predicted molar refractivity (Wildman–Crippen MR) is 104 cm³/mol. The van der Waals surface area contributed by atoms with Crippen LogP contribution in [0.25, 0.3) is 0 Å². The molecule has 0 saturated carbocycles. The molecule has 2 N–H and O–H groups in total. The minimum absolute atomic E-state index is 0.0764. The second-order valence-corrected chi connectivity index (χ2v) is 6.90. The van der Waals surface area contributed by atoms with Gasteiger partial charge in [0.05, 0.1) is 5.69 Å². The van der Waals surface area contributed by atoms with E-state index in [1.165, 1.54) is 6.07 Å². The molecule has 27 heavy (non-hydrogen) atoms. The summed E-state index contributed by atoms with van der Waals surface area (Å²) in [5.74, 6) is -1.51. The number of likely N-dealkylation sites (tertiary alicyclic amines) is 1. The van der Waals surface area contributed by atoms with Crippen LogP contribution in [0.2, 0.25) is 0 Å². The fourth-order valence-electron chi connectivity index (χ4n) is 3.25. The molecule has 7 heteroatoms. The lowest BCUT2D eigenvalue weighted by atomic mass is 10.0. The van der Waals surface area contributed by atoms with Crippen LogP contribution in [0, 0.1) is 11.6 Å². The van der Waals surface area contributed by atoms with E-state index in [0.717, 1.165) is 43.8 Å². The Labute approximate surface area is 158 Å². The lowest BCUT2D eigenvalue weighted by Crippen LogP contribution is -2.41. The fraction of sp³-hybridized carbons (Fsp3) is 0.350. The van der Waals surface area contributed by atoms with Crippen LogP contribution in [0.3, 0.4) is 0 Å². The van der Waals surface area contributed by atoms with E-state index in [1.807, 2.05) is 12.1 Å². The quantitative estimate of drug-likeness (QED) is 0.846. The maximum Gasteiger partial charge on any atom is 0.323 e. The molecule has 1 aliphatic rings. The number of nitrogens with zero attached hydrogens (tertiary/aromatic N) is 2. The van der Waals surface area contributed by atoms with E-state index in [2.05, 4.69) is 34.5 Å². The number of rotatable bonds is 4. The van der Waals surface area contributed by atoms with Gasteiger partial charge in [0.1, 0.15) is 11.6 Å². The molecule has 2 aromatic carbocycles. The number of hydrogen-bond donors (Lipinski definition) is 2. The van der Waals surface area contributed by atoms with Gasteiger partial charge in [-0.1, -0.05) is 0 Å². The number of piperidine rings is 1. The van der Waals surface area contributed by atoms with Crippen LogP contribution in [0.5, 0.6) is 0 Å². The summed E-state index contributed by atoms with van der Waals surface area (Å²) in [6.45, 7) is 2.18. The molecule has 2 aromatic rings. The molecule has 0 aromatic heterocycles. The summed E-state index contributed by atoms with van der Waals surface area (Å²) in [5.41, 5.74) is 1.60. The number of carbonyl (C=O) groups is 1. The Morgan fingerprint density at radius 2 is 1.74 bits per heavy atom. The second kappa shape index (κ2) is 8.35. The zero-order chi connectivity index (χ0) is 19.4. The average molecular weight is 374 g/mol. The number of carbonyl (C=O) groups excluding carboxylic acids is 1. The highest BCUT2D eigenvalue weighted by atomic mass is 19.1. The van der Waals surface area contributed by atoms with Gasteiger partial charge in [0.25, 0.3) is 0 Å². The molecule has 1 heterocycles. The SMILES string of the molecule is CN1CCC(N(C)c2ccc(NC(=O)Nc3ccc(F)cc3F)cc2)CC1. The molecule has 2 amide bonds. The topological polar surface area (TPSA) is 47.6 Å². The molecule has 1 fully saturated rings.